The van der Waals surface area contributed by atoms with E-state index in [9.17, 15) is 9.59 Å². The summed E-state index contributed by atoms with van der Waals surface area (Å²) in [6, 6.07) is 14.7. The fourth-order valence-corrected chi connectivity index (χ4v) is 4.11. The highest BCUT2D eigenvalue weighted by atomic mass is 35.5. The zero-order chi connectivity index (χ0) is 21.8. The highest BCUT2D eigenvalue weighted by Crippen LogP contribution is 2.18. The molecular formula is C23H22ClN3O3S. The summed E-state index contributed by atoms with van der Waals surface area (Å²) in [5.74, 6) is 0.611. The van der Waals surface area contributed by atoms with Crippen molar-refractivity contribution >= 4 is 34.8 Å². The monoisotopic (exact) mass is 455 g/mol. The lowest BCUT2D eigenvalue weighted by atomic mass is 10.2. The van der Waals surface area contributed by atoms with Crippen LogP contribution in [0.5, 0.6) is 5.75 Å². The number of aromatic nitrogens is 1. The third-order valence-electron chi connectivity index (χ3n) is 5.10. The molecule has 31 heavy (non-hydrogen) atoms. The van der Waals surface area contributed by atoms with Crippen molar-refractivity contribution in [1.82, 2.24) is 14.8 Å². The summed E-state index contributed by atoms with van der Waals surface area (Å²) in [6.45, 7) is 4.28. The molecule has 1 saturated heterocycles. The van der Waals surface area contributed by atoms with Crippen molar-refractivity contribution in [3.05, 3.63) is 80.8 Å². The third kappa shape index (κ3) is 5.24. The van der Waals surface area contributed by atoms with Crippen LogP contribution >= 0.6 is 22.9 Å². The van der Waals surface area contributed by atoms with Crippen molar-refractivity contribution in [3.63, 3.8) is 0 Å². The maximum atomic E-state index is 12.8. The second-order valence-electron chi connectivity index (χ2n) is 7.32. The minimum Gasteiger partial charge on any atom is -0.486 e. The summed E-state index contributed by atoms with van der Waals surface area (Å²) in [5.41, 5.74) is 2.19. The van der Waals surface area contributed by atoms with E-state index >= 15 is 0 Å². The van der Waals surface area contributed by atoms with E-state index in [1.807, 2.05) is 31.2 Å². The molecule has 0 N–H and O–H groups in total. The molecule has 6 nitrogen and oxygen atoms in total. The number of hydrogen-bond donors (Lipinski definition) is 0. The predicted molar refractivity (Wildman–Crippen MR) is 121 cm³/mol. The first-order chi connectivity index (χ1) is 15.0. The van der Waals surface area contributed by atoms with Crippen molar-refractivity contribution in [3.8, 4) is 5.75 Å². The standard InChI is InChI=1S/C23H22ClN3O3S/c1-16-2-8-19(9-3-16)30-14-21-25-20(15-31-21)23(29)27-12-10-26(11-13-27)22(28)17-4-6-18(24)7-5-17/h2-9,15H,10-14H2,1H3. The Kier molecular flexibility index (Phi) is 6.53. The van der Waals surface area contributed by atoms with Gasteiger partial charge in [0.2, 0.25) is 0 Å². The van der Waals surface area contributed by atoms with Crippen molar-refractivity contribution in [2.45, 2.75) is 13.5 Å². The molecule has 2 amide bonds. The molecule has 1 aromatic heterocycles. The second-order valence-corrected chi connectivity index (χ2v) is 8.70. The molecule has 1 fully saturated rings. The summed E-state index contributed by atoms with van der Waals surface area (Å²) >= 11 is 7.30. The molecule has 4 rings (SSSR count). The van der Waals surface area contributed by atoms with E-state index in [-0.39, 0.29) is 11.8 Å². The predicted octanol–water partition coefficient (Wildman–Crippen LogP) is 4.28. The Balaban J connectivity index is 1.30. The van der Waals surface area contributed by atoms with Gasteiger partial charge in [-0.05, 0) is 43.3 Å². The fraction of sp³-hybridized carbons (Fsp3) is 0.261. The normalized spacial score (nSPS) is 13.9. The van der Waals surface area contributed by atoms with Crippen LogP contribution in [0.25, 0.3) is 0 Å². The minimum absolute atomic E-state index is 0.0482. The van der Waals surface area contributed by atoms with Gasteiger partial charge in [-0.15, -0.1) is 11.3 Å². The van der Waals surface area contributed by atoms with Crippen molar-refractivity contribution in [1.29, 1.82) is 0 Å². The molecule has 3 aromatic rings. The van der Waals surface area contributed by atoms with Crippen molar-refractivity contribution < 1.29 is 14.3 Å². The van der Waals surface area contributed by atoms with E-state index in [0.717, 1.165) is 10.8 Å². The van der Waals surface area contributed by atoms with Gasteiger partial charge in [0.25, 0.3) is 11.8 Å². The minimum atomic E-state index is -0.114. The molecule has 0 spiro atoms. The first-order valence-electron chi connectivity index (χ1n) is 9.97. The van der Waals surface area contributed by atoms with Gasteiger partial charge in [-0.2, -0.15) is 0 Å². The summed E-state index contributed by atoms with van der Waals surface area (Å²) in [6.07, 6.45) is 0. The molecule has 0 saturated carbocycles. The SMILES string of the molecule is Cc1ccc(OCc2nc(C(=O)N3CCN(C(=O)c4ccc(Cl)cc4)CC3)cs2)cc1. The first kappa shape index (κ1) is 21.3. The van der Waals surface area contributed by atoms with Gasteiger partial charge in [-0.25, -0.2) is 4.98 Å². The Morgan fingerprint density at radius 1 is 0.968 bits per heavy atom. The van der Waals surface area contributed by atoms with Gasteiger partial charge in [-0.1, -0.05) is 29.3 Å². The number of benzene rings is 2. The van der Waals surface area contributed by atoms with Crippen LogP contribution in [0.15, 0.2) is 53.9 Å². The lowest BCUT2D eigenvalue weighted by Crippen LogP contribution is -2.50. The smallest absolute Gasteiger partial charge is 0.273 e. The Morgan fingerprint density at radius 3 is 2.23 bits per heavy atom. The molecular weight excluding hydrogens is 434 g/mol. The van der Waals surface area contributed by atoms with E-state index in [2.05, 4.69) is 4.98 Å². The van der Waals surface area contributed by atoms with Gasteiger partial charge in [-0.3, -0.25) is 9.59 Å². The Bertz CT molecular complexity index is 1060. The van der Waals surface area contributed by atoms with Gasteiger partial charge < -0.3 is 14.5 Å². The quantitative estimate of drug-likeness (QED) is 0.576. The van der Waals surface area contributed by atoms with E-state index in [1.54, 1.807) is 39.4 Å². The third-order valence-corrected chi connectivity index (χ3v) is 6.17. The Hall–Kier alpha value is -2.90. The summed E-state index contributed by atoms with van der Waals surface area (Å²) < 4.78 is 5.75. The van der Waals surface area contributed by atoms with Gasteiger partial charge in [0.05, 0.1) is 0 Å². The number of carbonyl (C=O) groups is 2. The number of nitrogens with zero attached hydrogens (tertiary/aromatic N) is 3. The molecule has 0 bridgehead atoms. The number of amides is 2. The Labute approximate surface area is 190 Å². The fourth-order valence-electron chi connectivity index (χ4n) is 3.30. The van der Waals surface area contributed by atoms with Crippen molar-refractivity contribution in [2.75, 3.05) is 26.2 Å². The number of piperazine rings is 1. The molecule has 160 valence electrons. The highest BCUT2D eigenvalue weighted by molar-refractivity contribution is 7.09. The van der Waals surface area contributed by atoms with Crippen LogP contribution < -0.4 is 4.74 Å². The molecule has 0 radical (unpaired) electrons. The molecule has 0 unspecified atom stereocenters. The van der Waals surface area contributed by atoms with Crippen LogP contribution in [0, 0.1) is 6.92 Å². The zero-order valence-corrected chi connectivity index (χ0v) is 18.7. The number of halogens is 1. The van der Waals surface area contributed by atoms with Gasteiger partial charge in [0, 0.05) is 42.1 Å². The lowest BCUT2D eigenvalue weighted by molar-refractivity contribution is 0.0532. The molecule has 2 aromatic carbocycles. The second kappa shape index (κ2) is 9.49. The van der Waals surface area contributed by atoms with Crippen LogP contribution in [-0.4, -0.2) is 52.8 Å². The average Bonchev–Trinajstić information content (AvgIpc) is 3.27. The maximum absolute atomic E-state index is 12.8. The van der Waals surface area contributed by atoms with Crippen LogP contribution in [0.1, 0.15) is 31.4 Å². The highest BCUT2D eigenvalue weighted by Gasteiger charge is 2.26. The zero-order valence-electron chi connectivity index (χ0n) is 17.1. The van der Waals surface area contributed by atoms with E-state index < -0.39 is 0 Å². The topological polar surface area (TPSA) is 62.7 Å². The van der Waals surface area contributed by atoms with Crippen molar-refractivity contribution in [2.24, 2.45) is 0 Å². The van der Waals surface area contributed by atoms with E-state index in [4.69, 9.17) is 16.3 Å². The summed E-state index contributed by atoms with van der Waals surface area (Å²) in [7, 11) is 0. The van der Waals surface area contributed by atoms with Gasteiger partial charge in [0.1, 0.15) is 23.1 Å². The van der Waals surface area contributed by atoms with E-state index in [0.29, 0.717) is 49.1 Å². The number of hydrogen-bond acceptors (Lipinski definition) is 5. The number of thiazole rings is 1. The van der Waals surface area contributed by atoms with Crippen LogP contribution in [0.2, 0.25) is 5.02 Å². The lowest BCUT2D eigenvalue weighted by Gasteiger charge is -2.34. The molecule has 0 aliphatic carbocycles. The molecule has 1 aliphatic heterocycles. The number of rotatable bonds is 5. The first-order valence-corrected chi connectivity index (χ1v) is 11.2. The molecule has 2 heterocycles. The number of aryl methyl sites for hydroxylation is 1. The van der Waals surface area contributed by atoms with E-state index in [1.165, 1.54) is 16.9 Å². The molecule has 8 heteroatoms. The summed E-state index contributed by atoms with van der Waals surface area (Å²) in [5, 5.41) is 3.11. The molecule has 1 aliphatic rings. The van der Waals surface area contributed by atoms with Gasteiger partial charge in [0.15, 0.2) is 0 Å². The maximum Gasteiger partial charge on any atom is 0.273 e. The summed E-state index contributed by atoms with van der Waals surface area (Å²) in [4.78, 5) is 33.4. The molecule has 0 atom stereocenters. The largest absolute Gasteiger partial charge is 0.486 e. The number of carbonyl (C=O) groups excluding carboxylic acids is 2. The average molecular weight is 456 g/mol. The van der Waals surface area contributed by atoms with Crippen LogP contribution in [0.3, 0.4) is 0 Å². The van der Waals surface area contributed by atoms with Crippen LogP contribution in [0.4, 0.5) is 0 Å². The van der Waals surface area contributed by atoms with Crippen LogP contribution in [-0.2, 0) is 6.61 Å². The van der Waals surface area contributed by atoms with Gasteiger partial charge >= 0.3 is 0 Å². The number of ether oxygens (including phenoxy) is 1. The Morgan fingerprint density at radius 2 is 1.58 bits per heavy atom.